The van der Waals surface area contributed by atoms with E-state index < -0.39 is 5.54 Å². The van der Waals surface area contributed by atoms with E-state index in [1.54, 1.807) is 12.0 Å². The molecule has 0 saturated heterocycles. The molecule has 2 aromatic carbocycles. The number of benzene rings is 2. The molecule has 0 bridgehead atoms. The third-order valence-electron chi connectivity index (χ3n) is 6.77. The SMILES string of the molecule is COc1ccc(NC(=O)C2(N(Cc3ccc(C)cc3)C(=O)CSc3nc(C)cc(C)n3)CCCC2)cc1. The summed E-state index contributed by atoms with van der Waals surface area (Å²) in [4.78, 5) is 38.5. The van der Waals surface area contributed by atoms with Gasteiger partial charge in [-0.25, -0.2) is 9.97 Å². The first-order valence-electron chi connectivity index (χ1n) is 12.6. The first-order valence-corrected chi connectivity index (χ1v) is 13.5. The average Bonchev–Trinajstić information content (AvgIpc) is 3.38. The van der Waals surface area contributed by atoms with Gasteiger partial charge in [0, 0.05) is 23.6 Å². The lowest BCUT2D eigenvalue weighted by Gasteiger charge is -2.40. The van der Waals surface area contributed by atoms with Crippen LogP contribution >= 0.6 is 11.8 Å². The van der Waals surface area contributed by atoms with Crippen LogP contribution in [0.3, 0.4) is 0 Å². The number of amides is 2. The summed E-state index contributed by atoms with van der Waals surface area (Å²) in [6.45, 7) is 6.24. The van der Waals surface area contributed by atoms with E-state index in [1.807, 2.05) is 75.4 Å². The van der Waals surface area contributed by atoms with E-state index in [-0.39, 0.29) is 17.6 Å². The van der Waals surface area contributed by atoms with Crippen LogP contribution in [0.2, 0.25) is 0 Å². The van der Waals surface area contributed by atoms with E-state index in [1.165, 1.54) is 11.8 Å². The molecular formula is C29H34N4O3S. The second-order valence-corrected chi connectivity index (χ2v) is 10.6. The number of carbonyl (C=O) groups is 2. The second-order valence-electron chi connectivity index (χ2n) is 9.61. The fraction of sp³-hybridized carbons (Fsp3) is 0.379. The van der Waals surface area contributed by atoms with Crippen molar-refractivity contribution >= 4 is 29.3 Å². The van der Waals surface area contributed by atoms with Crippen LogP contribution < -0.4 is 10.1 Å². The van der Waals surface area contributed by atoms with Gasteiger partial charge in [-0.1, -0.05) is 54.4 Å². The summed E-state index contributed by atoms with van der Waals surface area (Å²) in [5, 5.41) is 3.65. The summed E-state index contributed by atoms with van der Waals surface area (Å²) >= 11 is 1.32. The van der Waals surface area contributed by atoms with Crippen molar-refractivity contribution in [2.75, 3.05) is 18.2 Å². The van der Waals surface area contributed by atoms with E-state index in [4.69, 9.17) is 4.74 Å². The average molecular weight is 519 g/mol. The maximum atomic E-state index is 13.9. The lowest BCUT2D eigenvalue weighted by atomic mass is 9.92. The van der Waals surface area contributed by atoms with Gasteiger partial charge in [0.1, 0.15) is 11.3 Å². The number of hydrogen-bond donors (Lipinski definition) is 1. The topological polar surface area (TPSA) is 84.4 Å². The van der Waals surface area contributed by atoms with Crippen LogP contribution in [0.15, 0.2) is 59.8 Å². The molecule has 3 aromatic rings. The second kappa shape index (κ2) is 11.8. The highest BCUT2D eigenvalue weighted by Crippen LogP contribution is 2.38. The van der Waals surface area contributed by atoms with Gasteiger partial charge in [0.25, 0.3) is 0 Å². The lowest BCUT2D eigenvalue weighted by Crippen LogP contribution is -2.57. The summed E-state index contributed by atoms with van der Waals surface area (Å²) in [6, 6.07) is 17.3. The van der Waals surface area contributed by atoms with Crippen molar-refractivity contribution in [2.24, 2.45) is 0 Å². The molecule has 37 heavy (non-hydrogen) atoms. The van der Waals surface area contributed by atoms with Crippen LogP contribution in [-0.4, -0.2) is 45.1 Å². The van der Waals surface area contributed by atoms with E-state index in [0.29, 0.717) is 30.2 Å². The smallest absolute Gasteiger partial charge is 0.250 e. The van der Waals surface area contributed by atoms with Crippen molar-refractivity contribution in [3.63, 3.8) is 0 Å². The number of nitrogens with one attached hydrogen (secondary N) is 1. The third kappa shape index (κ3) is 6.49. The standard InChI is InChI=1S/C29H34N4O3S/c1-20-7-9-23(10-8-20)18-33(26(34)19-37-28-30-21(2)17-22(3)31-28)29(15-5-6-16-29)27(35)32-24-11-13-25(36-4)14-12-24/h7-14,17H,5-6,15-16,18-19H2,1-4H3,(H,32,35). The molecule has 1 fully saturated rings. The van der Waals surface area contributed by atoms with E-state index in [0.717, 1.165) is 41.1 Å². The van der Waals surface area contributed by atoms with Gasteiger partial charge in [0.05, 0.1) is 12.9 Å². The van der Waals surface area contributed by atoms with Gasteiger partial charge in [0.2, 0.25) is 11.8 Å². The van der Waals surface area contributed by atoms with Gasteiger partial charge in [-0.15, -0.1) is 0 Å². The number of rotatable bonds is 9. The number of aromatic nitrogens is 2. The monoisotopic (exact) mass is 518 g/mol. The largest absolute Gasteiger partial charge is 0.497 e. The zero-order chi connectivity index (χ0) is 26.4. The predicted octanol–water partition coefficient (Wildman–Crippen LogP) is 5.48. The van der Waals surface area contributed by atoms with Gasteiger partial charge in [-0.3, -0.25) is 9.59 Å². The molecule has 0 aliphatic heterocycles. The van der Waals surface area contributed by atoms with Gasteiger partial charge < -0.3 is 15.0 Å². The highest BCUT2D eigenvalue weighted by atomic mass is 32.2. The summed E-state index contributed by atoms with van der Waals surface area (Å²) in [7, 11) is 1.61. The summed E-state index contributed by atoms with van der Waals surface area (Å²) in [6.07, 6.45) is 3.02. The molecule has 1 saturated carbocycles. The number of thioether (sulfide) groups is 1. The summed E-state index contributed by atoms with van der Waals surface area (Å²) in [5.74, 6) is 0.630. The van der Waals surface area contributed by atoms with Crippen LogP contribution in [0.5, 0.6) is 5.75 Å². The summed E-state index contributed by atoms with van der Waals surface area (Å²) < 4.78 is 5.24. The molecule has 0 unspecified atom stereocenters. The molecule has 1 N–H and O–H groups in total. The van der Waals surface area contributed by atoms with Crippen molar-refractivity contribution in [1.82, 2.24) is 14.9 Å². The minimum atomic E-state index is -0.925. The Balaban J connectivity index is 1.61. The minimum Gasteiger partial charge on any atom is -0.497 e. The first kappa shape index (κ1) is 26.7. The van der Waals surface area contributed by atoms with Crippen LogP contribution in [0, 0.1) is 20.8 Å². The number of nitrogens with zero attached hydrogens (tertiary/aromatic N) is 3. The van der Waals surface area contributed by atoms with Crippen molar-refractivity contribution in [1.29, 1.82) is 0 Å². The zero-order valence-corrected chi connectivity index (χ0v) is 22.7. The zero-order valence-electron chi connectivity index (χ0n) is 21.9. The third-order valence-corrected chi connectivity index (χ3v) is 7.60. The van der Waals surface area contributed by atoms with Gasteiger partial charge in [-0.2, -0.15) is 0 Å². The van der Waals surface area contributed by atoms with Crippen molar-refractivity contribution in [3.05, 3.63) is 77.1 Å². The molecular weight excluding hydrogens is 484 g/mol. The molecule has 4 rings (SSSR count). The molecule has 0 atom stereocenters. The van der Waals surface area contributed by atoms with E-state index in [2.05, 4.69) is 15.3 Å². The highest BCUT2D eigenvalue weighted by Gasteiger charge is 2.48. The quantitative estimate of drug-likeness (QED) is 0.298. The molecule has 0 spiro atoms. The molecule has 8 heteroatoms. The molecule has 1 aliphatic carbocycles. The van der Waals surface area contributed by atoms with Crippen LogP contribution in [0.1, 0.15) is 48.2 Å². The van der Waals surface area contributed by atoms with Crippen molar-refractivity contribution < 1.29 is 14.3 Å². The Morgan fingerprint density at radius 1 is 0.973 bits per heavy atom. The predicted molar refractivity (Wildman–Crippen MR) is 147 cm³/mol. The Kier molecular flexibility index (Phi) is 8.48. The number of carbonyl (C=O) groups excluding carboxylic acids is 2. The maximum absolute atomic E-state index is 13.9. The molecule has 1 aromatic heterocycles. The molecule has 1 heterocycles. The van der Waals surface area contributed by atoms with Crippen LogP contribution in [0.4, 0.5) is 5.69 Å². The number of hydrogen-bond acceptors (Lipinski definition) is 6. The molecule has 7 nitrogen and oxygen atoms in total. The number of anilines is 1. The molecule has 0 radical (unpaired) electrons. The minimum absolute atomic E-state index is 0.0971. The Morgan fingerprint density at radius 3 is 2.19 bits per heavy atom. The Hall–Kier alpha value is -3.39. The normalized spacial score (nSPS) is 14.3. The van der Waals surface area contributed by atoms with Crippen LogP contribution in [-0.2, 0) is 16.1 Å². The maximum Gasteiger partial charge on any atom is 0.250 e. The molecule has 1 aliphatic rings. The number of ether oxygens (including phenoxy) is 1. The lowest BCUT2D eigenvalue weighted by molar-refractivity contribution is -0.144. The first-order chi connectivity index (χ1) is 17.8. The van der Waals surface area contributed by atoms with E-state index >= 15 is 0 Å². The van der Waals surface area contributed by atoms with Gasteiger partial charge in [0.15, 0.2) is 5.16 Å². The Bertz CT molecular complexity index is 1220. The Morgan fingerprint density at radius 2 is 1.59 bits per heavy atom. The highest BCUT2D eigenvalue weighted by molar-refractivity contribution is 7.99. The fourth-order valence-electron chi connectivity index (χ4n) is 4.82. The molecule has 2 amide bonds. The fourth-order valence-corrected chi connectivity index (χ4v) is 5.64. The summed E-state index contributed by atoms with van der Waals surface area (Å²) in [5.41, 5.74) is 3.63. The number of aryl methyl sites for hydroxylation is 3. The van der Waals surface area contributed by atoms with Crippen molar-refractivity contribution in [2.45, 2.75) is 63.7 Å². The number of methoxy groups -OCH3 is 1. The van der Waals surface area contributed by atoms with E-state index in [9.17, 15) is 9.59 Å². The van der Waals surface area contributed by atoms with Gasteiger partial charge >= 0.3 is 0 Å². The van der Waals surface area contributed by atoms with Crippen LogP contribution in [0.25, 0.3) is 0 Å². The Labute approximate surface area is 223 Å². The van der Waals surface area contributed by atoms with Gasteiger partial charge in [-0.05, 0) is 69.5 Å². The van der Waals surface area contributed by atoms with Crippen molar-refractivity contribution in [3.8, 4) is 5.75 Å². The molecule has 194 valence electrons.